The summed E-state index contributed by atoms with van der Waals surface area (Å²) in [6.45, 7) is 6.33. The van der Waals surface area contributed by atoms with Crippen molar-refractivity contribution in [3.63, 3.8) is 0 Å². The highest BCUT2D eigenvalue weighted by Gasteiger charge is 2.16. The van der Waals surface area contributed by atoms with Crippen molar-refractivity contribution in [1.29, 1.82) is 5.26 Å². The number of aromatic nitrogens is 1. The Hall–Kier alpha value is -4.11. The zero-order chi connectivity index (χ0) is 24.7. The number of amides is 1. The van der Waals surface area contributed by atoms with Crippen molar-refractivity contribution in [3.05, 3.63) is 93.8 Å². The van der Waals surface area contributed by atoms with Gasteiger partial charge in [0.2, 0.25) is 0 Å². The first-order valence-corrected chi connectivity index (χ1v) is 11.2. The minimum atomic E-state index is -0.403. The predicted molar refractivity (Wildman–Crippen MR) is 133 cm³/mol. The van der Waals surface area contributed by atoms with Gasteiger partial charge in [-0.05, 0) is 74.6 Å². The lowest BCUT2D eigenvalue weighted by Gasteiger charge is -2.14. The number of carbonyl (C=O) groups excluding carboxylic acids is 2. The number of nitriles is 1. The number of carbonyl (C=O) groups is 2. The Labute approximate surface area is 200 Å². The molecule has 1 aromatic heterocycles. The molecule has 6 heteroatoms. The average Bonchev–Trinajstić information content (AvgIpc) is 3.13. The van der Waals surface area contributed by atoms with Gasteiger partial charge in [-0.25, -0.2) is 4.79 Å². The van der Waals surface area contributed by atoms with Crippen LogP contribution in [0.5, 0.6) is 0 Å². The van der Waals surface area contributed by atoms with Crippen molar-refractivity contribution in [2.75, 3.05) is 13.7 Å². The first-order chi connectivity index (χ1) is 16.3. The van der Waals surface area contributed by atoms with E-state index in [1.54, 1.807) is 18.2 Å². The van der Waals surface area contributed by atoms with Gasteiger partial charge in [0.1, 0.15) is 11.6 Å². The first-order valence-electron chi connectivity index (χ1n) is 11.2. The minimum Gasteiger partial charge on any atom is -0.465 e. The summed E-state index contributed by atoms with van der Waals surface area (Å²) in [6, 6.07) is 19.4. The van der Waals surface area contributed by atoms with E-state index >= 15 is 0 Å². The van der Waals surface area contributed by atoms with Crippen LogP contribution in [-0.2, 0) is 16.0 Å². The summed E-state index contributed by atoms with van der Waals surface area (Å²) in [5.74, 6) is -0.788. The number of nitrogens with one attached hydrogen (secondary N) is 1. The number of ether oxygens (including phenoxy) is 1. The highest BCUT2D eigenvalue weighted by Crippen LogP contribution is 2.26. The number of benzene rings is 2. The van der Waals surface area contributed by atoms with Crippen LogP contribution >= 0.6 is 0 Å². The first kappa shape index (κ1) is 24.5. The smallest absolute Gasteiger partial charge is 0.337 e. The van der Waals surface area contributed by atoms with Crippen molar-refractivity contribution in [2.24, 2.45) is 0 Å². The van der Waals surface area contributed by atoms with Crippen molar-refractivity contribution in [2.45, 2.75) is 33.6 Å². The van der Waals surface area contributed by atoms with Crippen LogP contribution in [0, 0.1) is 32.1 Å². The highest BCUT2D eigenvalue weighted by atomic mass is 16.5. The minimum absolute atomic E-state index is 0.0556. The SMILES string of the molecule is COC(=O)c1ccc(C)c(-n2c(C)cc(/C=C(/C#N)C(=O)NCCCc3ccccc3)c2C)c1. The molecule has 1 heterocycles. The van der Waals surface area contributed by atoms with Gasteiger partial charge in [-0.15, -0.1) is 0 Å². The second kappa shape index (κ2) is 11.2. The molecule has 3 rings (SSSR count). The topological polar surface area (TPSA) is 84.1 Å². The summed E-state index contributed by atoms with van der Waals surface area (Å²) in [6.07, 6.45) is 3.27. The number of aryl methyl sites for hydroxylation is 3. The molecular weight excluding hydrogens is 426 g/mol. The lowest BCUT2D eigenvalue weighted by molar-refractivity contribution is -0.117. The van der Waals surface area contributed by atoms with E-state index in [0.29, 0.717) is 12.1 Å². The molecule has 3 aromatic rings. The summed E-state index contributed by atoms with van der Waals surface area (Å²) >= 11 is 0. The van der Waals surface area contributed by atoms with Crippen LogP contribution in [0.4, 0.5) is 0 Å². The second-order valence-corrected chi connectivity index (χ2v) is 8.17. The molecular formula is C28H29N3O3. The zero-order valence-electron chi connectivity index (χ0n) is 20.0. The number of methoxy groups -OCH3 is 1. The van der Waals surface area contributed by atoms with Crippen LogP contribution in [-0.4, -0.2) is 30.1 Å². The standard InChI is InChI=1S/C28H29N3O3/c1-19-12-13-23(28(33)34-4)17-26(19)31-20(2)15-24(21(31)3)16-25(18-29)27(32)30-14-8-11-22-9-6-5-7-10-22/h5-7,9-10,12-13,15-17H,8,11,14H2,1-4H3,(H,30,32)/b25-16-. The fourth-order valence-corrected chi connectivity index (χ4v) is 3.94. The van der Waals surface area contributed by atoms with E-state index in [1.807, 2.05) is 61.7 Å². The molecule has 0 fully saturated rings. The van der Waals surface area contributed by atoms with Gasteiger partial charge in [0.15, 0.2) is 0 Å². The molecule has 0 atom stereocenters. The summed E-state index contributed by atoms with van der Waals surface area (Å²) < 4.78 is 6.87. The zero-order valence-corrected chi connectivity index (χ0v) is 20.0. The highest BCUT2D eigenvalue weighted by molar-refractivity contribution is 6.01. The van der Waals surface area contributed by atoms with Gasteiger partial charge in [-0.3, -0.25) is 4.79 Å². The molecule has 0 aliphatic rings. The Morgan fingerprint density at radius 1 is 1.09 bits per heavy atom. The van der Waals surface area contributed by atoms with Crippen molar-refractivity contribution in [1.82, 2.24) is 9.88 Å². The summed E-state index contributed by atoms with van der Waals surface area (Å²) in [5.41, 5.74) is 6.13. The fourth-order valence-electron chi connectivity index (χ4n) is 3.94. The molecule has 1 amide bonds. The summed E-state index contributed by atoms with van der Waals surface area (Å²) in [4.78, 5) is 24.6. The third kappa shape index (κ3) is 5.62. The monoisotopic (exact) mass is 455 g/mol. The van der Waals surface area contributed by atoms with E-state index in [9.17, 15) is 14.9 Å². The normalized spacial score (nSPS) is 11.1. The Morgan fingerprint density at radius 3 is 2.50 bits per heavy atom. The predicted octanol–water partition coefficient (Wildman–Crippen LogP) is 4.85. The van der Waals surface area contributed by atoms with Gasteiger partial charge in [-0.2, -0.15) is 5.26 Å². The molecule has 6 nitrogen and oxygen atoms in total. The Kier molecular flexibility index (Phi) is 8.05. The van der Waals surface area contributed by atoms with E-state index in [4.69, 9.17) is 4.74 Å². The Morgan fingerprint density at radius 2 is 1.82 bits per heavy atom. The average molecular weight is 456 g/mol. The van der Waals surface area contributed by atoms with Crippen molar-refractivity contribution >= 4 is 18.0 Å². The number of hydrogen-bond donors (Lipinski definition) is 1. The van der Waals surface area contributed by atoms with Gasteiger partial charge in [-0.1, -0.05) is 36.4 Å². The van der Waals surface area contributed by atoms with E-state index in [1.165, 1.54) is 12.7 Å². The second-order valence-electron chi connectivity index (χ2n) is 8.17. The van der Waals surface area contributed by atoms with Crippen molar-refractivity contribution < 1.29 is 14.3 Å². The van der Waals surface area contributed by atoms with Crippen LogP contribution in [0.1, 0.15) is 44.9 Å². The van der Waals surface area contributed by atoms with Crippen molar-refractivity contribution in [3.8, 4) is 11.8 Å². The van der Waals surface area contributed by atoms with E-state index in [2.05, 4.69) is 17.4 Å². The fraction of sp³-hybridized carbons (Fsp3) is 0.250. The molecule has 0 unspecified atom stereocenters. The van der Waals surface area contributed by atoms with E-state index in [-0.39, 0.29) is 11.5 Å². The van der Waals surface area contributed by atoms with Gasteiger partial charge in [0, 0.05) is 23.6 Å². The Balaban J connectivity index is 1.79. The number of esters is 1. The molecule has 2 aromatic carbocycles. The Bertz CT molecular complexity index is 1260. The summed E-state index contributed by atoms with van der Waals surface area (Å²) in [5, 5.41) is 12.5. The van der Waals surface area contributed by atoms with Crippen LogP contribution in [0.15, 0.2) is 60.2 Å². The number of rotatable bonds is 8. The summed E-state index contributed by atoms with van der Waals surface area (Å²) in [7, 11) is 1.35. The molecule has 0 saturated heterocycles. The van der Waals surface area contributed by atoms with Gasteiger partial charge in [0.25, 0.3) is 5.91 Å². The molecule has 34 heavy (non-hydrogen) atoms. The van der Waals surface area contributed by atoms with Gasteiger partial charge < -0.3 is 14.6 Å². The third-order valence-electron chi connectivity index (χ3n) is 5.78. The maximum Gasteiger partial charge on any atom is 0.337 e. The van der Waals surface area contributed by atoms with Crippen LogP contribution in [0.3, 0.4) is 0 Å². The number of hydrogen-bond acceptors (Lipinski definition) is 4. The van der Waals surface area contributed by atoms with Gasteiger partial charge >= 0.3 is 5.97 Å². The van der Waals surface area contributed by atoms with Crippen LogP contribution in [0.25, 0.3) is 11.8 Å². The largest absolute Gasteiger partial charge is 0.465 e. The van der Waals surface area contributed by atoms with Crippen LogP contribution in [0.2, 0.25) is 0 Å². The molecule has 0 aliphatic carbocycles. The molecule has 0 aliphatic heterocycles. The van der Waals surface area contributed by atoms with E-state index < -0.39 is 5.97 Å². The molecule has 0 spiro atoms. The quantitative estimate of drug-likeness (QED) is 0.228. The lowest BCUT2D eigenvalue weighted by atomic mass is 10.1. The van der Waals surface area contributed by atoms with Crippen LogP contribution < -0.4 is 5.32 Å². The molecule has 0 saturated carbocycles. The molecule has 0 radical (unpaired) electrons. The molecule has 174 valence electrons. The lowest BCUT2D eigenvalue weighted by Crippen LogP contribution is -2.25. The maximum atomic E-state index is 12.6. The van der Waals surface area contributed by atoms with E-state index in [0.717, 1.165) is 41.0 Å². The van der Waals surface area contributed by atoms with Gasteiger partial charge in [0.05, 0.1) is 12.7 Å². The third-order valence-corrected chi connectivity index (χ3v) is 5.78. The molecule has 0 bridgehead atoms. The molecule has 1 N–H and O–H groups in total. The maximum absolute atomic E-state index is 12.6. The number of nitrogens with zero attached hydrogens (tertiary/aromatic N) is 2.